The van der Waals surface area contributed by atoms with E-state index in [0.717, 1.165) is 0 Å². The van der Waals surface area contributed by atoms with Crippen LogP contribution in [0.1, 0.15) is 122 Å². The van der Waals surface area contributed by atoms with Gasteiger partial charge in [-0.3, -0.25) is 0 Å². The number of para-hydroxylation sites is 2. The van der Waals surface area contributed by atoms with Crippen LogP contribution in [0.25, 0.3) is 93.6 Å². The molecule has 382 valence electrons. The predicted molar refractivity (Wildman–Crippen MR) is 339 cm³/mol. The van der Waals surface area contributed by atoms with Crippen LogP contribution < -0.4 is 37.1 Å². The lowest BCUT2D eigenvalue weighted by molar-refractivity contribution is 0.590. The molecule has 0 bridgehead atoms. The highest BCUT2D eigenvalue weighted by atomic mass is 28.3. The molecule has 0 radical (unpaired) electrons. The molecular formula is C73H68BN3Si. The Hall–Kier alpha value is -7.34. The van der Waals surface area contributed by atoms with Gasteiger partial charge in [-0.2, -0.15) is 0 Å². The van der Waals surface area contributed by atoms with Gasteiger partial charge in [0.1, 0.15) is 0 Å². The minimum absolute atomic E-state index is 0.0381. The number of aryl methyl sites for hydroxylation is 3. The smallest absolute Gasteiger partial charge is 0.252 e. The average molecular weight is 1030 g/mol. The third kappa shape index (κ3) is 5.57. The lowest BCUT2D eigenvalue weighted by Gasteiger charge is -2.43. The number of fused-ring (bicyclic) bond motifs is 18. The van der Waals surface area contributed by atoms with E-state index in [1.807, 2.05) is 0 Å². The zero-order chi connectivity index (χ0) is 54.0. The minimum atomic E-state index is -3.18. The molecule has 0 saturated heterocycles. The molecule has 1 spiro atoms. The van der Waals surface area contributed by atoms with Crippen molar-refractivity contribution in [2.75, 3.05) is 0 Å². The number of nitrogens with zero attached hydrogens (tertiary/aromatic N) is 3. The molecule has 9 aromatic carbocycles. The molecule has 12 aromatic rings. The van der Waals surface area contributed by atoms with Crippen molar-refractivity contribution in [1.29, 1.82) is 0 Å². The van der Waals surface area contributed by atoms with Crippen LogP contribution in [-0.4, -0.2) is 28.5 Å². The zero-order valence-electron chi connectivity index (χ0n) is 48.2. The number of benzene rings is 9. The molecule has 16 rings (SSSR count). The van der Waals surface area contributed by atoms with E-state index in [1.165, 1.54) is 154 Å². The first-order chi connectivity index (χ1) is 37.0. The Morgan fingerprint density at radius 2 is 0.885 bits per heavy atom. The summed E-state index contributed by atoms with van der Waals surface area (Å²) in [4.78, 5) is 0. The molecule has 0 saturated carbocycles. The summed E-state index contributed by atoms with van der Waals surface area (Å²) in [6.07, 6.45) is 0. The predicted octanol–water partition coefficient (Wildman–Crippen LogP) is 13.9. The molecular weight excluding hydrogens is 958 g/mol. The van der Waals surface area contributed by atoms with E-state index in [-0.39, 0.29) is 28.4 Å². The van der Waals surface area contributed by atoms with Gasteiger partial charge >= 0.3 is 0 Å². The Balaban J connectivity index is 1.17. The average Bonchev–Trinajstić information content (AvgIpc) is 2.73. The second kappa shape index (κ2) is 14.5. The van der Waals surface area contributed by atoms with Crippen molar-refractivity contribution in [3.05, 3.63) is 178 Å². The quantitative estimate of drug-likeness (QED) is 0.146. The largest absolute Gasteiger partial charge is 0.310 e. The molecule has 0 N–H and O–H groups in total. The third-order valence-corrected chi connectivity index (χ3v) is 24.3. The maximum atomic E-state index is 2.85. The summed E-state index contributed by atoms with van der Waals surface area (Å²) >= 11 is 0. The van der Waals surface area contributed by atoms with Crippen molar-refractivity contribution < 1.29 is 0 Å². The lowest BCUT2D eigenvalue weighted by Crippen LogP contribution is -2.77. The van der Waals surface area contributed by atoms with E-state index >= 15 is 0 Å². The zero-order valence-corrected chi connectivity index (χ0v) is 49.2. The second-order valence-electron chi connectivity index (χ2n) is 28.4. The van der Waals surface area contributed by atoms with E-state index in [9.17, 15) is 0 Å². The van der Waals surface area contributed by atoms with Crippen LogP contribution >= 0.6 is 0 Å². The molecule has 0 atom stereocenters. The van der Waals surface area contributed by atoms with Crippen molar-refractivity contribution in [1.82, 2.24) is 13.7 Å². The van der Waals surface area contributed by atoms with Gasteiger partial charge in [-0.15, -0.1) is 0 Å². The van der Waals surface area contributed by atoms with Gasteiger partial charge < -0.3 is 13.7 Å². The van der Waals surface area contributed by atoms with Crippen LogP contribution in [0.15, 0.2) is 140 Å². The van der Waals surface area contributed by atoms with Gasteiger partial charge in [0.15, 0.2) is 8.07 Å². The number of hydrogen-bond donors (Lipinski definition) is 0. The summed E-state index contributed by atoms with van der Waals surface area (Å²) in [5.41, 5.74) is 28.4. The first-order valence-electron chi connectivity index (χ1n) is 28.7. The SMILES string of the molecule is Cc1cc(C)c(-n2c3ccccc3c3c4c5ccccc5n5c4c(cc32)B2c3c-5ccc4c3-n3c5c2cc(C(C)(C)C)cc5c2cc(C(C)(C)C)cc(c23)[Si]42c3cc(C(C)(C)C)ccc3-c3ccc(C(C)(C)C)cc32)c(C)c1. The third-order valence-electron chi connectivity index (χ3n) is 19.4. The molecule has 0 fully saturated rings. The molecule has 5 heteroatoms. The van der Waals surface area contributed by atoms with Crippen LogP contribution in [-0.2, 0) is 21.7 Å². The van der Waals surface area contributed by atoms with Crippen molar-refractivity contribution in [3.63, 3.8) is 0 Å². The first kappa shape index (κ1) is 46.7. The van der Waals surface area contributed by atoms with Crippen LogP contribution in [0.3, 0.4) is 0 Å². The highest BCUT2D eigenvalue weighted by molar-refractivity contribution is 7.24. The number of rotatable bonds is 1. The fourth-order valence-electron chi connectivity index (χ4n) is 15.9. The van der Waals surface area contributed by atoms with Gasteiger partial charge in [0.2, 0.25) is 0 Å². The van der Waals surface area contributed by atoms with Crippen molar-refractivity contribution >= 4 is 117 Å². The minimum Gasteiger partial charge on any atom is -0.310 e. The van der Waals surface area contributed by atoms with Gasteiger partial charge in [0.25, 0.3) is 6.71 Å². The molecule has 78 heavy (non-hydrogen) atoms. The molecule has 7 heterocycles. The van der Waals surface area contributed by atoms with Crippen molar-refractivity contribution in [2.24, 2.45) is 0 Å². The maximum absolute atomic E-state index is 3.18. The Morgan fingerprint density at radius 3 is 1.47 bits per heavy atom. The lowest BCUT2D eigenvalue weighted by atomic mass is 9.34. The monoisotopic (exact) mass is 1030 g/mol. The van der Waals surface area contributed by atoms with Crippen LogP contribution in [0.2, 0.25) is 0 Å². The Bertz CT molecular complexity index is 4720. The molecule has 0 amide bonds. The highest BCUT2D eigenvalue weighted by Crippen LogP contribution is 2.48. The Labute approximate surface area is 460 Å². The van der Waals surface area contributed by atoms with Crippen LogP contribution in [0.5, 0.6) is 0 Å². The number of aromatic nitrogens is 3. The highest BCUT2D eigenvalue weighted by Gasteiger charge is 2.57. The van der Waals surface area contributed by atoms with Gasteiger partial charge in [-0.05, 0) is 160 Å². The van der Waals surface area contributed by atoms with Crippen LogP contribution in [0, 0.1) is 20.8 Å². The number of hydrogen-bond acceptors (Lipinski definition) is 0. The fraction of sp³-hybridized carbons (Fsp3) is 0.260. The van der Waals surface area contributed by atoms with E-state index < -0.39 is 8.07 Å². The van der Waals surface area contributed by atoms with Gasteiger partial charge in [0.05, 0.1) is 33.3 Å². The standard InChI is InChI=1S/C73H68BN3Si/c1-39-30-40(2)65(41(3)31-39)76-54-22-18-16-20-48(54)62-57(76)38-53-68-63(62)49-21-17-19-23-55(49)75(68)56-28-29-58-69-64(56)74(53)52-34-44(72(10,11)12)32-50-51-33-45(73(13,14)15)37-61(67(51)77(69)66(50)52)78(58)59-35-42(70(4,5)6)24-26-46(59)47-27-25-43(36-60(47)78)71(7,8)9/h16-38H,1-15H3. The maximum Gasteiger partial charge on any atom is 0.252 e. The molecule has 4 aliphatic rings. The molecule has 3 aromatic heterocycles. The van der Waals surface area contributed by atoms with E-state index in [0.29, 0.717) is 0 Å². The Kier molecular flexibility index (Phi) is 8.67. The molecule has 0 aliphatic carbocycles. The van der Waals surface area contributed by atoms with Crippen molar-refractivity contribution in [2.45, 2.75) is 126 Å². The Morgan fingerprint density at radius 1 is 0.372 bits per heavy atom. The van der Waals surface area contributed by atoms with Gasteiger partial charge in [0, 0.05) is 49.2 Å². The first-order valence-corrected chi connectivity index (χ1v) is 30.7. The summed E-state index contributed by atoms with van der Waals surface area (Å²) < 4.78 is 8.20. The molecule has 0 unspecified atom stereocenters. The normalized spacial score (nSPS) is 14.9. The van der Waals surface area contributed by atoms with E-state index in [1.54, 1.807) is 15.6 Å². The van der Waals surface area contributed by atoms with E-state index in [4.69, 9.17) is 0 Å². The second-order valence-corrected chi connectivity index (χ2v) is 32.0. The summed E-state index contributed by atoms with van der Waals surface area (Å²) in [5, 5.41) is 14.3. The summed E-state index contributed by atoms with van der Waals surface area (Å²) in [6, 6.07) is 57.2. The molecule has 4 aliphatic heterocycles. The van der Waals surface area contributed by atoms with Gasteiger partial charge in [-0.25, -0.2) is 0 Å². The topological polar surface area (TPSA) is 14.8 Å². The fourth-order valence-corrected chi connectivity index (χ4v) is 21.5. The summed E-state index contributed by atoms with van der Waals surface area (Å²) in [7, 11) is -3.18. The van der Waals surface area contributed by atoms with E-state index in [2.05, 4.69) is 257 Å². The summed E-state index contributed by atoms with van der Waals surface area (Å²) in [5.74, 6) is 0. The van der Waals surface area contributed by atoms with Crippen LogP contribution in [0.4, 0.5) is 0 Å². The summed E-state index contributed by atoms with van der Waals surface area (Å²) in [6.45, 7) is 35.8. The van der Waals surface area contributed by atoms with Crippen molar-refractivity contribution in [3.8, 4) is 28.2 Å². The van der Waals surface area contributed by atoms with Gasteiger partial charge in [-0.1, -0.05) is 192 Å². The molecule has 3 nitrogen and oxygen atoms in total.